The molecule has 0 saturated carbocycles. The fraction of sp³-hybridized carbons (Fsp3) is 0.533. The zero-order chi connectivity index (χ0) is 14.0. The number of ether oxygens (including phenoxy) is 1. The number of hydrogen-bond donors (Lipinski definition) is 0. The number of rotatable bonds is 2. The quantitative estimate of drug-likeness (QED) is 0.834. The highest BCUT2D eigenvalue weighted by molar-refractivity contribution is 9.10. The van der Waals surface area contributed by atoms with Crippen LogP contribution in [0, 0.1) is 6.92 Å². The highest BCUT2D eigenvalue weighted by Crippen LogP contribution is 2.23. The van der Waals surface area contributed by atoms with Crippen LogP contribution in [0.2, 0.25) is 0 Å². The van der Waals surface area contributed by atoms with Gasteiger partial charge in [0.05, 0.1) is 6.10 Å². The van der Waals surface area contributed by atoms with Gasteiger partial charge in [-0.15, -0.1) is 0 Å². The number of likely N-dealkylation sites (tertiary alicyclic amines) is 1. The van der Waals surface area contributed by atoms with E-state index in [1.165, 1.54) is 0 Å². The van der Waals surface area contributed by atoms with Gasteiger partial charge in [0.25, 0.3) is 5.91 Å². The molecule has 0 aromatic heterocycles. The van der Waals surface area contributed by atoms with Crippen molar-refractivity contribution < 1.29 is 9.53 Å². The maximum Gasteiger partial charge on any atom is 0.254 e. The van der Waals surface area contributed by atoms with Gasteiger partial charge >= 0.3 is 0 Å². The van der Waals surface area contributed by atoms with Crippen molar-refractivity contribution in [3.63, 3.8) is 0 Å². The molecule has 3 nitrogen and oxygen atoms in total. The van der Waals surface area contributed by atoms with E-state index >= 15 is 0 Å². The van der Waals surface area contributed by atoms with Gasteiger partial charge < -0.3 is 9.64 Å². The van der Waals surface area contributed by atoms with Gasteiger partial charge in [0.2, 0.25) is 0 Å². The Hall–Kier alpha value is -0.870. The number of piperidine rings is 1. The van der Waals surface area contributed by atoms with Gasteiger partial charge in [0.15, 0.2) is 0 Å². The third-order valence-electron chi connectivity index (χ3n) is 3.84. The van der Waals surface area contributed by atoms with Crippen LogP contribution in [0.3, 0.4) is 0 Å². The molecule has 2 atom stereocenters. The minimum absolute atomic E-state index is 0.114. The van der Waals surface area contributed by atoms with Crippen LogP contribution in [0.15, 0.2) is 22.7 Å². The molecule has 1 saturated heterocycles. The van der Waals surface area contributed by atoms with Crippen LogP contribution in [0.1, 0.15) is 35.7 Å². The number of halogens is 1. The molecule has 0 bridgehead atoms. The Kier molecular flexibility index (Phi) is 4.63. The standard InChI is InChI=1S/C15H20BrNO2/c1-10-4-5-12(9-14(10)16)15(18)17-7-6-13(19-3)8-11(17)2/h4-5,9,11,13H,6-8H2,1-3H3. The summed E-state index contributed by atoms with van der Waals surface area (Å²) in [5.41, 5.74) is 1.89. The van der Waals surface area contributed by atoms with E-state index in [4.69, 9.17) is 4.74 Å². The smallest absolute Gasteiger partial charge is 0.254 e. The third kappa shape index (κ3) is 3.18. The number of methoxy groups -OCH3 is 1. The summed E-state index contributed by atoms with van der Waals surface area (Å²) < 4.78 is 6.37. The number of nitrogens with zero attached hydrogens (tertiary/aromatic N) is 1. The monoisotopic (exact) mass is 325 g/mol. The zero-order valence-electron chi connectivity index (χ0n) is 11.6. The van der Waals surface area contributed by atoms with Crippen molar-refractivity contribution >= 4 is 21.8 Å². The van der Waals surface area contributed by atoms with Gasteiger partial charge in [-0.05, 0) is 44.4 Å². The molecule has 1 fully saturated rings. The molecule has 0 N–H and O–H groups in total. The molecule has 0 radical (unpaired) electrons. The van der Waals surface area contributed by atoms with E-state index in [1.807, 2.05) is 30.0 Å². The van der Waals surface area contributed by atoms with Crippen molar-refractivity contribution in [1.82, 2.24) is 4.90 Å². The van der Waals surface area contributed by atoms with Gasteiger partial charge in [0, 0.05) is 29.7 Å². The molecule has 104 valence electrons. The van der Waals surface area contributed by atoms with E-state index in [9.17, 15) is 4.79 Å². The number of carbonyl (C=O) groups is 1. The van der Waals surface area contributed by atoms with Gasteiger partial charge in [-0.1, -0.05) is 22.0 Å². The molecule has 2 rings (SSSR count). The molecule has 4 heteroatoms. The fourth-order valence-electron chi connectivity index (χ4n) is 2.54. The first-order chi connectivity index (χ1) is 9.02. The summed E-state index contributed by atoms with van der Waals surface area (Å²) in [6.07, 6.45) is 2.11. The van der Waals surface area contributed by atoms with Crippen LogP contribution >= 0.6 is 15.9 Å². The number of amides is 1. The van der Waals surface area contributed by atoms with Gasteiger partial charge in [-0.2, -0.15) is 0 Å². The SMILES string of the molecule is COC1CCN(C(=O)c2ccc(C)c(Br)c2)C(C)C1. The molecule has 0 spiro atoms. The van der Waals surface area contributed by atoms with Gasteiger partial charge in [-0.25, -0.2) is 0 Å². The van der Waals surface area contributed by atoms with Gasteiger partial charge in [-0.3, -0.25) is 4.79 Å². The lowest BCUT2D eigenvalue weighted by atomic mass is 9.99. The van der Waals surface area contributed by atoms with Crippen molar-refractivity contribution in [3.8, 4) is 0 Å². The molecule has 1 aliphatic rings. The van der Waals surface area contributed by atoms with Crippen molar-refractivity contribution in [1.29, 1.82) is 0 Å². The molecular weight excluding hydrogens is 306 g/mol. The van der Waals surface area contributed by atoms with E-state index in [-0.39, 0.29) is 18.1 Å². The Morgan fingerprint density at radius 3 is 2.79 bits per heavy atom. The summed E-state index contributed by atoms with van der Waals surface area (Å²) in [5, 5.41) is 0. The van der Waals surface area contributed by atoms with Crippen LogP contribution in [0.5, 0.6) is 0 Å². The van der Waals surface area contributed by atoms with Crippen molar-refractivity contribution in [2.75, 3.05) is 13.7 Å². The van der Waals surface area contributed by atoms with Crippen molar-refractivity contribution in [3.05, 3.63) is 33.8 Å². The molecule has 1 aromatic carbocycles. The first-order valence-corrected chi connectivity index (χ1v) is 7.42. The van der Waals surface area contributed by atoms with Crippen LogP contribution in [-0.2, 0) is 4.74 Å². The van der Waals surface area contributed by atoms with E-state index in [1.54, 1.807) is 7.11 Å². The molecule has 1 aromatic rings. The first-order valence-electron chi connectivity index (χ1n) is 6.63. The first kappa shape index (κ1) is 14.5. The molecule has 1 amide bonds. The minimum atomic E-state index is 0.114. The van der Waals surface area contributed by atoms with Crippen molar-refractivity contribution in [2.45, 2.75) is 38.8 Å². The fourth-order valence-corrected chi connectivity index (χ4v) is 2.92. The van der Waals surface area contributed by atoms with E-state index < -0.39 is 0 Å². The number of hydrogen-bond acceptors (Lipinski definition) is 2. The predicted octanol–water partition coefficient (Wildman–Crippen LogP) is 3.40. The predicted molar refractivity (Wildman–Crippen MR) is 79.4 cm³/mol. The second-order valence-electron chi connectivity index (χ2n) is 5.19. The average molecular weight is 326 g/mol. The van der Waals surface area contributed by atoms with Crippen molar-refractivity contribution in [2.24, 2.45) is 0 Å². The Bertz CT molecular complexity index is 475. The summed E-state index contributed by atoms with van der Waals surface area (Å²) in [6, 6.07) is 6.01. The second-order valence-corrected chi connectivity index (χ2v) is 6.05. The van der Waals surface area contributed by atoms with Crippen LogP contribution in [-0.4, -0.2) is 36.6 Å². The molecule has 0 aliphatic carbocycles. The molecule has 1 aliphatic heterocycles. The summed E-state index contributed by atoms with van der Waals surface area (Å²) >= 11 is 3.48. The lowest BCUT2D eigenvalue weighted by Crippen LogP contribution is -2.46. The van der Waals surface area contributed by atoms with E-state index in [0.29, 0.717) is 0 Å². The Morgan fingerprint density at radius 2 is 2.21 bits per heavy atom. The summed E-state index contributed by atoms with van der Waals surface area (Å²) in [4.78, 5) is 14.5. The highest BCUT2D eigenvalue weighted by Gasteiger charge is 2.29. The second kappa shape index (κ2) is 6.06. The Labute approximate surface area is 123 Å². The number of aryl methyl sites for hydroxylation is 1. The number of carbonyl (C=O) groups excluding carboxylic acids is 1. The zero-order valence-corrected chi connectivity index (χ0v) is 13.2. The third-order valence-corrected chi connectivity index (χ3v) is 4.70. The largest absolute Gasteiger partial charge is 0.381 e. The van der Waals surface area contributed by atoms with Crippen LogP contribution < -0.4 is 0 Å². The lowest BCUT2D eigenvalue weighted by molar-refractivity contribution is 0.0160. The molecular formula is C15H20BrNO2. The topological polar surface area (TPSA) is 29.5 Å². The Morgan fingerprint density at radius 1 is 1.47 bits per heavy atom. The summed E-state index contributed by atoms with van der Waals surface area (Å²) in [5.74, 6) is 0.114. The summed E-state index contributed by atoms with van der Waals surface area (Å²) in [6.45, 7) is 4.88. The lowest BCUT2D eigenvalue weighted by Gasteiger charge is -2.37. The average Bonchev–Trinajstić information content (AvgIpc) is 2.41. The van der Waals surface area contributed by atoms with E-state index in [0.717, 1.165) is 35.0 Å². The summed E-state index contributed by atoms with van der Waals surface area (Å²) in [7, 11) is 1.74. The maximum atomic E-state index is 12.5. The molecule has 1 heterocycles. The maximum absolute atomic E-state index is 12.5. The molecule has 2 unspecified atom stereocenters. The van der Waals surface area contributed by atoms with Gasteiger partial charge in [0.1, 0.15) is 0 Å². The highest BCUT2D eigenvalue weighted by atomic mass is 79.9. The minimum Gasteiger partial charge on any atom is -0.381 e. The Balaban J connectivity index is 2.13. The number of benzene rings is 1. The van der Waals surface area contributed by atoms with E-state index in [2.05, 4.69) is 22.9 Å². The van der Waals surface area contributed by atoms with Crippen LogP contribution in [0.25, 0.3) is 0 Å². The normalized spacial score (nSPS) is 23.5. The van der Waals surface area contributed by atoms with Crippen LogP contribution in [0.4, 0.5) is 0 Å². The molecule has 19 heavy (non-hydrogen) atoms.